The maximum absolute atomic E-state index is 14.3. The second kappa shape index (κ2) is 18.0. The zero-order valence-corrected chi connectivity index (χ0v) is 31.4. The van der Waals surface area contributed by atoms with Crippen LogP contribution in [0.15, 0.2) is 132 Å². The number of anilines is 1. The zero-order valence-electron chi connectivity index (χ0n) is 30.6. The van der Waals surface area contributed by atoms with Gasteiger partial charge in [-0.05, 0) is 65.3 Å². The van der Waals surface area contributed by atoms with Crippen molar-refractivity contribution in [1.29, 1.82) is 0 Å². The van der Waals surface area contributed by atoms with Crippen LogP contribution in [-0.2, 0) is 39.3 Å². The maximum Gasteiger partial charge on any atom is 0.342 e. The molecule has 55 heavy (non-hydrogen) atoms. The molecule has 5 aromatic rings. The minimum atomic E-state index is -4.20. The monoisotopic (exact) mass is 761 g/mol. The molecule has 0 heterocycles. The van der Waals surface area contributed by atoms with Gasteiger partial charge in [-0.3, -0.25) is 14.9 Å². The normalized spacial score (nSPS) is 13.3. The van der Waals surface area contributed by atoms with Gasteiger partial charge >= 0.3 is 5.97 Å². The molecule has 284 valence electrons. The number of sulfonamides is 1. The van der Waals surface area contributed by atoms with Gasteiger partial charge in [-0.1, -0.05) is 104 Å². The molecule has 0 atom stereocenters. The highest BCUT2D eigenvalue weighted by Gasteiger charge is 2.28. The molecule has 0 radical (unpaired) electrons. The predicted molar refractivity (Wildman–Crippen MR) is 209 cm³/mol. The molecule has 1 aliphatic carbocycles. The number of hydrogen-bond donors (Lipinski definition) is 0. The summed E-state index contributed by atoms with van der Waals surface area (Å²) in [5.41, 5.74) is 4.05. The van der Waals surface area contributed by atoms with Crippen molar-refractivity contribution in [3.63, 3.8) is 0 Å². The van der Waals surface area contributed by atoms with Gasteiger partial charge in [0.1, 0.15) is 24.5 Å². The van der Waals surface area contributed by atoms with Crippen molar-refractivity contribution in [2.75, 3.05) is 18.5 Å². The summed E-state index contributed by atoms with van der Waals surface area (Å²) >= 11 is 0. The van der Waals surface area contributed by atoms with Crippen molar-refractivity contribution in [3.05, 3.63) is 165 Å². The lowest BCUT2D eigenvalue weighted by atomic mass is 9.84. The van der Waals surface area contributed by atoms with Crippen LogP contribution in [0.4, 0.5) is 11.4 Å². The van der Waals surface area contributed by atoms with Crippen LogP contribution >= 0.6 is 0 Å². The van der Waals surface area contributed by atoms with Gasteiger partial charge in [0.05, 0.1) is 22.9 Å². The highest BCUT2D eigenvalue weighted by atomic mass is 32.2. The summed E-state index contributed by atoms with van der Waals surface area (Å²) in [5.74, 6) is -0.463. The van der Waals surface area contributed by atoms with E-state index in [0.29, 0.717) is 11.6 Å². The molecule has 0 aliphatic heterocycles. The molecule has 0 unspecified atom stereocenters. The smallest absolute Gasteiger partial charge is 0.342 e. The Balaban J connectivity index is 1.31. The topological polar surface area (TPSA) is 136 Å². The molecule has 1 aliphatic rings. The van der Waals surface area contributed by atoms with E-state index < -0.39 is 33.4 Å². The quantitative estimate of drug-likeness (QED) is 0.0589. The fraction of sp³-hybridized carbons (Fsp3) is 0.256. The summed E-state index contributed by atoms with van der Waals surface area (Å²) in [4.78, 5) is 39.5. The minimum absolute atomic E-state index is 0.0522. The Labute approximate surface area is 321 Å². The van der Waals surface area contributed by atoms with Crippen molar-refractivity contribution < 1.29 is 32.4 Å². The SMILES string of the molecule is CN(CC(=O)N(Cc1ccc(C2CCCCC2)cc1)c1ccc(C(=O)OCc2ccccc2)c(OCc2ccccc2)c1)S(=O)(=O)c1ccc([N+](=O)[O-])cc1. The van der Waals surface area contributed by atoms with Crippen molar-refractivity contribution in [3.8, 4) is 5.75 Å². The van der Waals surface area contributed by atoms with E-state index in [9.17, 15) is 28.1 Å². The number of ether oxygens (including phenoxy) is 2. The number of benzene rings is 5. The summed E-state index contributed by atoms with van der Waals surface area (Å²) in [6.07, 6.45) is 5.95. The van der Waals surface area contributed by atoms with E-state index in [4.69, 9.17) is 9.47 Å². The first-order chi connectivity index (χ1) is 26.6. The molecule has 6 rings (SSSR count). The predicted octanol–water partition coefficient (Wildman–Crippen LogP) is 8.43. The summed E-state index contributed by atoms with van der Waals surface area (Å²) in [5, 5.41) is 11.1. The number of likely N-dealkylation sites (N-methyl/N-ethyl adjacent to an activating group) is 1. The molecular weight excluding hydrogens is 719 g/mol. The summed E-state index contributed by atoms with van der Waals surface area (Å²) in [6, 6.07) is 36.2. The molecule has 0 spiro atoms. The first-order valence-corrected chi connectivity index (χ1v) is 19.6. The number of carbonyl (C=O) groups is 2. The molecule has 0 saturated heterocycles. The van der Waals surface area contributed by atoms with Gasteiger partial charge < -0.3 is 14.4 Å². The second-order valence-corrected chi connectivity index (χ2v) is 15.6. The average Bonchev–Trinajstić information content (AvgIpc) is 3.22. The average molecular weight is 762 g/mol. The maximum atomic E-state index is 14.3. The van der Waals surface area contributed by atoms with E-state index >= 15 is 0 Å². The molecule has 0 N–H and O–H groups in total. The Hall–Kier alpha value is -5.85. The van der Waals surface area contributed by atoms with E-state index in [1.54, 1.807) is 18.2 Å². The van der Waals surface area contributed by atoms with Crippen molar-refractivity contribution >= 4 is 33.3 Å². The largest absolute Gasteiger partial charge is 0.488 e. The highest BCUT2D eigenvalue weighted by molar-refractivity contribution is 7.89. The lowest BCUT2D eigenvalue weighted by Gasteiger charge is -2.27. The number of amides is 1. The number of nitro benzene ring substituents is 1. The lowest BCUT2D eigenvalue weighted by molar-refractivity contribution is -0.384. The number of hydrogen-bond acceptors (Lipinski definition) is 8. The number of nitro groups is 1. The standard InChI is InChI=1S/C43H43N3O8S/c1-44(55(51,52)39-24-21-37(22-25-39)46(49)50)29-42(47)45(28-32-17-19-36(20-18-32)35-15-9-4-10-16-35)38-23-26-40(43(48)54-31-34-13-7-3-8-14-34)41(27-38)53-30-33-11-5-2-6-12-33/h2-3,5-8,11-14,17-27,35H,4,9-10,15-16,28-31H2,1H3. The van der Waals surface area contributed by atoms with Gasteiger partial charge in [-0.25, -0.2) is 13.2 Å². The van der Waals surface area contributed by atoms with Crippen LogP contribution in [0.3, 0.4) is 0 Å². The zero-order chi connectivity index (χ0) is 38.8. The van der Waals surface area contributed by atoms with Crippen LogP contribution in [0.2, 0.25) is 0 Å². The van der Waals surface area contributed by atoms with E-state index in [1.807, 2.05) is 72.8 Å². The Kier molecular flexibility index (Phi) is 12.7. The van der Waals surface area contributed by atoms with Crippen LogP contribution in [0.5, 0.6) is 5.75 Å². The third-order valence-corrected chi connectivity index (χ3v) is 11.6. The number of esters is 1. The van der Waals surface area contributed by atoms with Crippen molar-refractivity contribution in [2.45, 2.75) is 62.7 Å². The number of carbonyl (C=O) groups excluding carboxylic acids is 2. The number of nitrogens with zero attached hydrogens (tertiary/aromatic N) is 3. The first kappa shape index (κ1) is 38.9. The third-order valence-electron chi connectivity index (χ3n) is 9.76. The van der Waals surface area contributed by atoms with Crippen LogP contribution in [0.25, 0.3) is 0 Å². The van der Waals surface area contributed by atoms with E-state index in [2.05, 4.69) is 12.1 Å². The minimum Gasteiger partial charge on any atom is -0.488 e. The van der Waals surface area contributed by atoms with Crippen molar-refractivity contribution in [2.24, 2.45) is 0 Å². The lowest BCUT2D eigenvalue weighted by Crippen LogP contribution is -2.41. The van der Waals surface area contributed by atoms with E-state index in [1.165, 1.54) is 36.8 Å². The molecule has 5 aromatic carbocycles. The van der Waals surface area contributed by atoms with Crippen LogP contribution in [0.1, 0.15) is 70.6 Å². The molecule has 0 bridgehead atoms. The van der Waals surface area contributed by atoms with Crippen LogP contribution in [0, 0.1) is 10.1 Å². The van der Waals surface area contributed by atoms with Crippen LogP contribution < -0.4 is 9.64 Å². The highest BCUT2D eigenvalue weighted by Crippen LogP contribution is 2.34. The molecule has 1 amide bonds. The Morgan fingerprint density at radius 1 is 0.764 bits per heavy atom. The fourth-order valence-electron chi connectivity index (χ4n) is 6.62. The fourth-order valence-corrected chi connectivity index (χ4v) is 7.74. The molecule has 0 aromatic heterocycles. The van der Waals surface area contributed by atoms with Gasteiger partial charge in [-0.15, -0.1) is 0 Å². The summed E-state index contributed by atoms with van der Waals surface area (Å²) in [6.45, 7) is -0.252. The molecule has 11 nitrogen and oxygen atoms in total. The van der Waals surface area contributed by atoms with E-state index in [0.717, 1.165) is 58.1 Å². The van der Waals surface area contributed by atoms with Gasteiger partial charge in [0, 0.05) is 30.9 Å². The van der Waals surface area contributed by atoms with Crippen molar-refractivity contribution in [1.82, 2.24) is 4.31 Å². The second-order valence-electron chi connectivity index (χ2n) is 13.6. The molecular formula is C43H43N3O8S. The number of non-ortho nitro benzene ring substituents is 1. The Morgan fingerprint density at radius 3 is 2.00 bits per heavy atom. The molecule has 1 fully saturated rings. The Bertz CT molecular complexity index is 2190. The van der Waals surface area contributed by atoms with E-state index in [-0.39, 0.29) is 41.7 Å². The van der Waals surface area contributed by atoms with Gasteiger partial charge in [0.25, 0.3) is 5.69 Å². The Morgan fingerprint density at radius 2 is 1.38 bits per heavy atom. The summed E-state index contributed by atoms with van der Waals surface area (Å²) in [7, 11) is -2.92. The summed E-state index contributed by atoms with van der Waals surface area (Å²) < 4.78 is 39.8. The third kappa shape index (κ3) is 10.0. The first-order valence-electron chi connectivity index (χ1n) is 18.2. The molecule has 12 heteroatoms. The van der Waals surface area contributed by atoms with Gasteiger partial charge in [0.15, 0.2) is 0 Å². The van der Waals surface area contributed by atoms with Gasteiger partial charge in [-0.2, -0.15) is 4.31 Å². The van der Waals surface area contributed by atoms with Gasteiger partial charge in [0.2, 0.25) is 15.9 Å². The van der Waals surface area contributed by atoms with Crippen LogP contribution in [-0.4, -0.2) is 43.1 Å². The number of rotatable bonds is 15. The molecule has 1 saturated carbocycles.